The van der Waals surface area contributed by atoms with Crippen LogP contribution < -0.4 is 0 Å². The first-order valence-corrected chi connectivity index (χ1v) is 5.52. The molecular formula is C14H17F. The third-order valence-corrected chi connectivity index (χ3v) is 3.32. The smallest absolute Gasteiger partial charge is 0.126 e. The molecule has 0 nitrogen and oxygen atoms in total. The first kappa shape index (κ1) is 10.4. The predicted molar refractivity (Wildman–Crippen MR) is 62.4 cm³/mol. The van der Waals surface area contributed by atoms with Gasteiger partial charge in [0.1, 0.15) is 5.82 Å². The van der Waals surface area contributed by atoms with Crippen molar-refractivity contribution in [3.8, 4) is 0 Å². The van der Waals surface area contributed by atoms with E-state index < -0.39 is 0 Å². The highest BCUT2D eigenvalue weighted by Gasteiger charge is 2.23. The Labute approximate surface area is 90.8 Å². The zero-order valence-corrected chi connectivity index (χ0v) is 9.76. The predicted octanol–water partition coefficient (Wildman–Crippen LogP) is 4.29. The molecule has 0 aliphatic heterocycles. The van der Waals surface area contributed by atoms with Gasteiger partial charge in [-0.1, -0.05) is 32.4 Å². The van der Waals surface area contributed by atoms with Gasteiger partial charge in [0.2, 0.25) is 0 Å². The number of hydrogen-bond acceptors (Lipinski definition) is 0. The molecule has 0 fully saturated rings. The fourth-order valence-electron chi connectivity index (χ4n) is 2.37. The van der Waals surface area contributed by atoms with Crippen LogP contribution in [0.4, 0.5) is 4.39 Å². The summed E-state index contributed by atoms with van der Waals surface area (Å²) in [7, 11) is 0. The number of aryl methyl sites for hydroxylation is 1. The quantitative estimate of drug-likeness (QED) is 0.640. The van der Waals surface area contributed by atoms with Gasteiger partial charge in [-0.15, -0.1) is 0 Å². The van der Waals surface area contributed by atoms with Gasteiger partial charge in [-0.2, -0.15) is 0 Å². The van der Waals surface area contributed by atoms with Crippen LogP contribution in [0.5, 0.6) is 0 Å². The van der Waals surface area contributed by atoms with Gasteiger partial charge >= 0.3 is 0 Å². The summed E-state index contributed by atoms with van der Waals surface area (Å²) in [5, 5.41) is 0. The third kappa shape index (κ3) is 1.60. The zero-order chi connectivity index (χ0) is 11.2. The molecule has 0 aromatic heterocycles. The fraction of sp³-hybridized carbons (Fsp3) is 0.429. The minimum atomic E-state index is -0.0843. The molecule has 0 amide bonds. The Bertz CT molecular complexity index is 427. The summed E-state index contributed by atoms with van der Waals surface area (Å²) < 4.78 is 13.5. The Morgan fingerprint density at radius 3 is 2.53 bits per heavy atom. The van der Waals surface area contributed by atoms with Crippen molar-refractivity contribution >= 4 is 6.08 Å². The molecule has 2 rings (SSSR count). The highest BCUT2D eigenvalue weighted by molar-refractivity contribution is 5.67. The lowest BCUT2D eigenvalue weighted by molar-refractivity contribution is 0.613. The average Bonchev–Trinajstić information content (AvgIpc) is 2.46. The second-order valence-corrected chi connectivity index (χ2v) is 4.75. The fourth-order valence-corrected chi connectivity index (χ4v) is 2.37. The Morgan fingerprint density at radius 2 is 1.93 bits per heavy atom. The molecule has 1 aliphatic rings. The lowest BCUT2D eigenvalue weighted by Crippen LogP contribution is -2.00. The van der Waals surface area contributed by atoms with Crippen LogP contribution in [0.25, 0.3) is 6.08 Å². The van der Waals surface area contributed by atoms with E-state index in [1.807, 2.05) is 13.0 Å². The van der Waals surface area contributed by atoms with Gasteiger partial charge in [0.25, 0.3) is 0 Å². The number of halogens is 1. The van der Waals surface area contributed by atoms with Crippen LogP contribution in [0, 0.1) is 18.7 Å². The van der Waals surface area contributed by atoms with Gasteiger partial charge in [0, 0.05) is 5.92 Å². The van der Waals surface area contributed by atoms with Crippen LogP contribution in [0.1, 0.15) is 43.4 Å². The van der Waals surface area contributed by atoms with Crippen molar-refractivity contribution in [2.75, 3.05) is 0 Å². The second-order valence-electron chi connectivity index (χ2n) is 4.75. The molecule has 0 N–H and O–H groups in total. The van der Waals surface area contributed by atoms with Gasteiger partial charge in [0.05, 0.1) is 0 Å². The standard InChI is InChI=1S/C14H17F/c1-8(2)12-6-11-5-9(3)14(15)7-13(11)10(12)4/h5-8,10H,1-4H3. The molecule has 80 valence electrons. The Balaban J connectivity index is 2.51. The van der Waals surface area contributed by atoms with Gasteiger partial charge in [-0.3, -0.25) is 0 Å². The summed E-state index contributed by atoms with van der Waals surface area (Å²) in [4.78, 5) is 0. The van der Waals surface area contributed by atoms with E-state index >= 15 is 0 Å². The topological polar surface area (TPSA) is 0 Å². The van der Waals surface area contributed by atoms with Crippen molar-refractivity contribution in [3.63, 3.8) is 0 Å². The summed E-state index contributed by atoms with van der Waals surface area (Å²) in [5.41, 5.74) is 4.49. The molecule has 1 heteroatoms. The summed E-state index contributed by atoms with van der Waals surface area (Å²) in [5.74, 6) is 0.824. The molecule has 1 aliphatic carbocycles. The van der Waals surface area contributed by atoms with Gasteiger partial charge in [0.15, 0.2) is 0 Å². The van der Waals surface area contributed by atoms with E-state index in [4.69, 9.17) is 0 Å². The zero-order valence-electron chi connectivity index (χ0n) is 9.76. The third-order valence-electron chi connectivity index (χ3n) is 3.32. The van der Waals surface area contributed by atoms with E-state index in [0.717, 1.165) is 11.1 Å². The number of benzene rings is 1. The average molecular weight is 204 g/mol. The minimum Gasteiger partial charge on any atom is -0.207 e. The van der Waals surface area contributed by atoms with Crippen molar-refractivity contribution in [2.24, 2.45) is 5.92 Å². The summed E-state index contributed by atoms with van der Waals surface area (Å²) >= 11 is 0. The van der Waals surface area contributed by atoms with Crippen molar-refractivity contribution in [1.29, 1.82) is 0 Å². The van der Waals surface area contributed by atoms with Crippen molar-refractivity contribution in [3.05, 3.63) is 40.2 Å². The van der Waals surface area contributed by atoms with Crippen LogP contribution in [0.2, 0.25) is 0 Å². The van der Waals surface area contributed by atoms with Gasteiger partial charge in [-0.05, 0) is 41.7 Å². The molecule has 1 unspecified atom stereocenters. The largest absolute Gasteiger partial charge is 0.207 e. The summed E-state index contributed by atoms with van der Waals surface area (Å²) in [6, 6.07) is 3.65. The molecule has 0 saturated carbocycles. The lowest BCUT2D eigenvalue weighted by atomic mass is 9.91. The second kappa shape index (κ2) is 3.48. The molecule has 15 heavy (non-hydrogen) atoms. The number of rotatable bonds is 1. The monoisotopic (exact) mass is 204 g/mol. The molecule has 0 bridgehead atoms. The van der Waals surface area contributed by atoms with Gasteiger partial charge in [-0.25, -0.2) is 4.39 Å². The Kier molecular flexibility index (Phi) is 2.41. The van der Waals surface area contributed by atoms with E-state index in [-0.39, 0.29) is 5.82 Å². The lowest BCUT2D eigenvalue weighted by Gasteiger charge is -2.14. The van der Waals surface area contributed by atoms with Crippen molar-refractivity contribution < 1.29 is 4.39 Å². The highest BCUT2D eigenvalue weighted by Crippen LogP contribution is 2.40. The van der Waals surface area contributed by atoms with Crippen LogP contribution in [-0.4, -0.2) is 0 Å². The van der Waals surface area contributed by atoms with E-state index in [9.17, 15) is 4.39 Å². The minimum absolute atomic E-state index is 0.0843. The first-order valence-electron chi connectivity index (χ1n) is 5.52. The molecule has 1 aromatic carbocycles. The molecule has 0 heterocycles. The molecule has 1 atom stereocenters. The number of allylic oxidation sites excluding steroid dienone is 1. The van der Waals surface area contributed by atoms with Crippen LogP contribution >= 0.6 is 0 Å². The maximum absolute atomic E-state index is 13.5. The normalized spacial score (nSPS) is 19.3. The van der Waals surface area contributed by atoms with E-state index in [1.54, 1.807) is 6.07 Å². The van der Waals surface area contributed by atoms with Crippen molar-refractivity contribution in [1.82, 2.24) is 0 Å². The highest BCUT2D eigenvalue weighted by atomic mass is 19.1. The van der Waals surface area contributed by atoms with Crippen LogP contribution in [0.15, 0.2) is 17.7 Å². The number of fused-ring (bicyclic) bond motifs is 1. The molecule has 0 radical (unpaired) electrons. The van der Waals surface area contributed by atoms with Crippen molar-refractivity contribution in [2.45, 2.75) is 33.6 Å². The molecular weight excluding hydrogens is 187 g/mol. The SMILES string of the molecule is Cc1cc2c(cc1F)C(C)C(C(C)C)=C2. The van der Waals surface area contributed by atoms with Crippen LogP contribution in [-0.2, 0) is 0 Å². The molecule has 1 aromatic rings. The van der Waals surface area contributed by atoms with E-state index in [1.165, 1.54) is 11.1 Å². The van der Waals surface area contributed by atoms with E-state index in [2.05, 4.69) is 26.8 Å². The molecule has 0 saturated heterocycles. The maximum atomic E-state index is 13.5. The first-order chi connectivity index (χ1) is 7.00. The van der Waals surface area contributed by atoms with E-state index in [0.29, 0.717) is 11.8 Å². The van der Waals surface area contributed by atoms with Gasteiger partial charge < -0.3 is 0 Å². The summed E-state index contributed by atoms with van der Waals surface area (Å²) in [6.07, 6.45) is 2.22. The molecule has 0 spiro atoms. The maximum Gasteiger partial charge on any atom is 0.126 e. The Morgan fingerprint density at radius 1 is 1.27 bits per heavy atom. The Hall–Kier alpha value is -1.11. The number of hydrogen-bond donors (Lipinski definition) is 0. The summed E-state index contributed by atoms with van der Waals surface area (Å²) in [6.45, 7) is 8.36. The van der Waals surface area contributed by atoms with Crippen LogP contribution in [0.3, 0.4) is 0 Å².